The van der Waals surface area contributed by atoms with Crippen LogP contribution in [0.4, 0.5) is 15.9 Å². The van der Waals surface area contributed by atoms with Crippen molar-refractivity contribution in [3.05, 3.63) is 74.8 Å². The molecule has 37 heavy (non-hydrogen) atoms. The lowest BCUT2D eigenvalue weighted by atomic mass is 10.2. The molecule has 0 unspecified atom stereocenters. The topological polar surface area (TPSA) is 61.2 Å². The van der Waals surface area contributed by atoms with Crippen molar-refractivity contribution in [3.8, 4) is 0 Å². The Labute approximate surface area is 224 Å². The molecule has 192 valence electrons. The number of nitrogens with zero attached hydrogens (tertiary/aromatic N) is 5. The van der Waals surface area contributed by atoms with Gasteiger partial charge in [-0.05, 0) is 54.8 Å². The van der Waals surface area contributed by atoms with E-state index in [2.05, 4.69) is 9.80 Å². The highest BCUT2D eigenvalue weighted by Crippen LogP contribution is 2.34. The Morgan fingerprint density at radius 1 is 1.08 bits per heavy atom. The van der Waals surface area contributed by atoms with E-state index in [1.165, 1.54) is 28.3 Å². The molecular formula is C27H28FN5O2S2. The molecule has 2 saturated heterocycles. The Bertz CT molecular complexity index is 1460. The molecule has 0 spiro atoms. The number of fused-ring (bicyclic) bond motifs is 1. The highest BCUT2D eigenvalue weighted by Gasteiger charge is 2.33. The predicted molar refractivity (Wildman–Crippen MR) is 152 cm³/mol. The fraction of sp³-hybridized carbons (Fsp3) is 0.333. The summed E-state index contributed by atoms with van der Waals surface area (Å²) in [7, 11) is 0. The van der Waals surface area contributed by atoms with Gasteiger partial charge in [0, 0.05) is 44.6 Å². The van der Waals surface area contributed by atoms with Crippen molar-refractivity contribution in [2.45, 2.75) is 20.8 Å². The van der Waals surface area contributed by atoms with Crippen LogP contribution in [0, 0.1) is 18.7 Å². The number of hydrogen-bond donors (Lipinski definition) is 0. The molecule has 1 amide bonds. The lowest BCUT2D eigenvalue weighted by Gasteiger charge is -2.37. The molecule has 2 fully saturated rings. The number of pyridine rings is 1. The van der Waals surface area contributed by atoms with Crippen molar-refractivity contribution < 1.29 is 9.18 Å². The molecule has 5 rings (SSSR count). The number of thiocarbonyl (C=S) groups is 1. The highest BCUT2D eigenvalue weighted by atomic mass is 32.2. The number of amides is 1. The van der Waals surface area contributed by atoms with Crippen LogP contribution in [0.25, 0.3) is 11.7 Å². The maximum Gasteiger partial charge on any atom is 0.267 e. The van der Waals surface area contributed by atoms with Crippen LogP contribution in [0.3, 0.4) is 0 Å². The molecule has 0 N–H and O–H groups in total. The fourth-order valence-electron chi connectivity index (χ4n) is 4.65. The molecule has 0 bridgehead atoms. The molecule has 0 aliphatic carbocycles. The second-order valence-electron chi connectivity index (χ2n) is 9.68. The number of halogens is 1. The Morgan fingerprint density at radius 3 is 2.43 bits per heavy atom. The quantitative estimate of drug-likeness (QED) is 0.355. The Hall–Kier alpha value is -3.24. The van der Waals surface area contributed by atoms with Gasteiger partial charge >= 0.3 is 0 Å². The minimum Gasteiger partial charge on any atom is -0.368 e. The third-order valence-corrected chi connectivity index (χ3v) is 7.91. The number of benzene rings is 1. The van der Waals surface area contributed by atoms with Gasteiger partial charge < -0.3 is 9.80 Å². The van der Waals surface area contributed by atoms with Crippen LogP contribution >= 0.6 is 24.0 Å². The summed E-state index contributed by atoms with van der Waals surface area (Å²) in [6.07, 6.45) is 3.36. The van der Waals surface area contributed by atoms with E-state index in [1.54, 1.807) is 29.3 Å². The average molecular weight is 538 g/mol. The molecule has 4 heterocycles. The van der Waals surface area contributed by atoms with E-state index in [0.717, 1.165) is 11.3 Å². The fourth-order valence-corrected chi connectivity index (χ4v) is 5.91. The van der Waals surface area contributed by atoms with E-state index in [9.17, 15) is 14.0 Å². The zero-order chi connectivity index (χ0) is 26.3. The summed E-state index contributed by atoms with van der Waals surface area (Å²) in [6, 6.07) is 10.2. The van der Waals surface area contributed by atoms with Gasteiger partial charge in [-0.1, -0.05) is 43.9 Å². The SMILES string of the molecule is Cc1cccn2c(=O)c(/C=C3\SC(=S)N(CC(C)C)C3=O)c(N3CCN(c4ccc(F)cc4)CC3)nc12. The van der Waals surface area contributed by atoms with Crippen molar-refractivity contribution in [2.24, 2.45) is 5.92 Å². The number of piperazine rings is 1. The summed E-state index contributed by atoms with van der Waals surface area (Å²) in [6.45, 7) is 9.17. The van der Waals surface area contributed by atoms with Crippen LogP contribution in [-0.4, -0.2) is 57.2 Å². The second kappa shape index (κ2) is 10.3. The summed E-state index contributed by atoms with van der Waals surface area (Å²) >= 11 is 6.70. The molecular weight excluding hydrogens is 509 g/mol. The van der Waals surface area contributed by atoms with Crippen LogP contribution in [-0.2, 0) is 4.79 Å². The van der Waals surface area contributed by atoms with Gasteiger partial charge in [0.2, 0.25) is 0 Å². The Morgan fingerprint density at radius 2 is 1.76 bits per heavy atom. The number of carbonyl (C=O) groups excluding carboxylic acids is 1. The van der Waals surface area contributed by atoms with Crippen LogP contribution in [0.2, 0.25) is 0 Å². The van der Waals surface area contributed by atoms with E-state index < -0.39 is 0 Å². The second-order valence-corrected chi connectivity index (χ2v) is 11.4. The zero-order valence-corrected chi connectivity index (χ0v) is 22.6. The molecule has 2 aromatic heterocycles. The van der Waals surface area contributed by atoms with E-state index in [0.29, 0.717) is 59.0 Å². The minimum atomic E-state index is -0.262. The van der Waals surface area contributed by atoms with Gasteiger partial charge in [-0.2, -0.15) is 0 Å². The van der Waals surface area contributed by atoms with Crippen molar-refractivity contribution in [2.75, 3.05) is 42.5 Å². The van der Waals surface area contributed by atoms with E-state index in [1.807, 2.05) is 32.9 Å². The number of aryl methyl sites for hydroxylation is 1. The van der Waals surface area contributed by atoms with Gasteiger partial charge in [-0.3, -0.25) is 18.9 Å². The summed E-state index contributed by atoms with van der Waals surface area (Å²) in [4.78, 5) is 38.2. The van der Waals surface area contributed by atoms with Gasteiger partial charge in [0.15, 0.2) is 0 Å². The highest BCUT2D eigenvalue weighted by molar-refractivity contribution is 8.26. The lowest BCUT2D eigenvalue weighted by molar-refractivity contribution is -0.122. The minimum absolute atomic E-state index is 0.176. The number of carbonyl (C=O) groups is 1. The first kappa shape index (κ1) is 25.4. The standard InChI is InChI=1S/C27H28FN5O2S2/c1-17(2)16-33-26(35)22(37-27(33)36)15-21-24(29-23-18(3)5-4-10-32(23)25(21)34)31-13-11-30(12-14-31)20-8-6-19(28)7-9-20/h4-10,15,17H,11-14,16H2,1-3H3/b22-15-. The maximum atomic E-state index is 13.7. The first-order valence-corrected chi connectivity index (χ1v) is 13.5. The van der Waals surface area contributed by atoms with Gasteiger partial charge in [0.25, 0.3) is 11.5 Å². The lowest BCUT2D eigenvalue weighted by Crippen LogP contribution is -2.47. The molecule has 1 aromatic carbocycles. The first-order valence-electron chi connectivity index (χ1n) is 12.3. The molecule has 7 nitrogen and oxygen atoms in total. The third kappa shape index (κ3) is 5.00. The van der Waals surface area contributed by atoms with Crippen molar-refractivity contribution in [3.63, 3.8) is 0 Å². The van der Waals surface area contributed by atoms with E-state index in [-0.39, 0.29) is 23.2 Å². The number of thioether (sulfide) groups is 1. The average Bonchev–Trinajstić information content (AvgIpc) is 3.13. The van der Waals surface area contributed by atoms with Crippen molar-refractivity contribution in [1.82, 2.24) is 14.3 Å². The largest absolute Gasteiger partial charge is 0.368 e. The normalized spacial score (nSPS) is 17.6. The Kier molecular flexibility index (Phi) is 7.04. The Balaban J connectivity index is 1.53. The molecule has 2 aliphatic heterocycles. The number of hydrogen-bond acceptors (Lipinski definition) is 7. The van der Waals surface area contributed by atoms with E-state index >= 15 is 0 Å². The molecule has 0 saturated carbocycles. The molecule has 10 heteroatoms. The summed E-state index contributed by atoms with van der Waals surface area (Å²) in [5, 5.41) is 0. The molecule has 3 aromatic rings. The zero-order valence-electron chi connectivity index (χ0n) is 21.0. The van der Waals surface area contributed by atoms with Crippen LogP contribution in [0.5, 0.6) is 0 Å². The summed E-state index contributed by atoms with van der Waals surface area (Å²) < 4.78 is 15.4. The number of rotatable bonds is 5. The smallest absolute Gasteiger partial charge is 0.267 e. The van der Waals surface area contributed by atoms with Gasteiger partial charge in [0.1, 0.15) is 21.6 Å². The van der Waals surface area contributed by atoms with Crippen molar-refractivity contribution in [1.29, 1.82) is 0 Å². The molecule has 2 aliphatic rings. The van der Waals surface area contributed by atoms with Gasteiger partial charge in [0.05, 0.1) is 10.5 Å². The first-order chi connectivity index (χ1) is 17.7. The summed E-state index contributed by atoms with van der Waals surface area (Å²) in [5.41, 5.74) is 2.59. The maximum absolute atomic E-state index is 13.7. The van der Waals surface area contributed by atoms with E-state index in [4.69, 9.17) is 17.2 Å². The molecule has 0 atom stereocenters. The number of aromatic nitrogens is 2. The van der Waals surface area contributed by atoms with Crippen molar-refractivity contribution >= 4 is 57.4 Å². The van der Waals surface area contributed by atoms with Gasteiger partial charge in [-0.15, -0.1) is 0 Å². The third-order valence-electron chi connectivity index (χ3n) is 6.53. The molecule has 0 radical (unpaired) electrons. The van der Waals surface area contributed by atoms with Crippen LogP contribution < -0.4 is 15.4 Å². The van der Waals surface area contributed by atoms with Crippen LogP contribution in [0.15, 0.2) is 52.3 Å². The van der Waals surface area contributed by atoms with Gasteiger partial charge in [-0.25, -0.2) is 9.37 Å². The van der Waals surface area contributed by atoms with Crippen LogP contribution in [0.1, 0.15) is 25.0 Å². The number of anilines is 2. The monoisotopic (exact) mass is 537 g/mol. The predicted octanol–water partition coefficient (Wildman–Crippen LogP) is 4.33. The summed E-state index contributed by atoms with van der Waals surface area (Å²) in [5.74, 6) is 0.393.